The minimum Gasteiger partial charge on any atom is -0.489 e. The molecule has 5 heteroatoms. The molecule has 0 fully saturated rings. The molecule has 110 valence electrons. The van der Waals surface area contributed by atoms with Crippen molar-refractivity contribution >= 4 is 23.1 Å². The lowest BCUT2D eigenvalue weighted by molar-refractivity contribution is -0.114. The zero-order chi connectivity index (χ0) is 15.2. The van der Waals surface area contributed by atoms with Crippen LogP contribution in [-0.2, 0) is 4.79 Å². The van der Waals surface area contributed by atoms with Gasteiger partial charge >= 0.3 is 0 Å². The van der Waals surface area contributed by atoms with E-state index in [1.807, 2.05) is 38.1 Å². The minimum absolute atomic E-state index is 0.100. The maximum absolute atomic E-state index is 11.0. The Balaban J connectivity index is 2.13. The second kappa shape index (κ2) is 6.74. The van der Waals surface area contributed by atoms with Crippen LogP contribution >= 0.6 is 0 Å². The van der Waals surface area contributed by atoms with E-state index in [-0.39, 0.29) is 12.0 Å². The summed E-state index contributed by atoms with van der Waals surface area (Å²) in [5, 5.41) is 5.89. The van der Waals surface area contributed by atoms with E-state index in [9.17, 15) is 4.79 Å². The van der Waals surface area contributed by atoms with Gasteiger partial charge in [0.15, 0.2) is 0 Å². The highest BCUT2D eigenvalue weighted by molar-refractivity contribution is 5.88. The van der Waals surface area contributed by atoms with E-state index >= 15 is 0 Å². The molecule has 0 saturated heterocycles. The normalized spacial score (nSPS) is 10.3. The first-order valence-corrected chi connectivity index (χ1v) is 6.81. The fraction of sp³-hybridized carbons (Fsp3) is 0.250. The van der Waals surface area contributed by atoms with E-state index in [1.165, 1.54) is 6.92 Å². The molecule has 0 saturated carbocycles. The number of amides is 1. The fourth-order valence-electron chi connectivity index (χ4n) is 1.81. The predicted octanol–water partition coefficient (Wildman–Crippen LogP) is 3.57. The van der Waals surface area contributed by atoms with Gasteiger partial charge in [-0.3, -0.25) is 4.79 Å². The standard InChI is InChI=1S/C16H19N3O2/c1-11(2)21-15-7-5-4-6-14(15)19-16-9-8-13(10-17-16)18-12(3)20/h4-11H,1-3H3,(H,17,19)(H,18,20). The molecule has 21 heavy (non-hydrogen) atoms. The van der Waals surface area contributed by atoms with Gasteiger partial charge in [0.25, 0.3) is 0 Å². The third kappa shape index (κ3) is 4.49. The van der Waals surface area contributed by atoms with Crippen molar-refractivity contribution in [3.05, 3.63) is 42.6 Å². The van der Waals surface area contributed by atoms with Crippen LogP contribution in [0.2, 0.25) is 0 Å². The van der Waals surface area contributed by atoms with Gasteiger partial charge in [0.05, 0.1) is 23.7 Å². The van der Waals surface area contributed by atoms with E-state index in [0.717, 1.165) is 11.4 Å². The van der Waals surface area contributed by atoms with Gasteiger partial charge in [0, 0.05) is 6.92 Å². The van der Waals surface area contributed by atoms with Crippen molar-refractivity contribution in [2.24, 2.45) is 0 Å². The number of hydrogen-bond acceptors (Lipinski definition) is 4. The molecule has 0 unspecified atom stereocenters. The van der Waals surface area contributed by atoms with Gasteiger partial charge in [-0.2, -0.15) is 0 Å². The molecule has 0 aliphatic rings. The molecule has 0 radical (unpaired) electrons. The van der Waals surface area contributed by atoms with Gasteiger partial charge in [0.1, 0.15) is 11.6 Å². The SMILES string of the molecule is CC(=O)Nc1ccc(Nc2ccccc2OC(C)C)nc1. The van der Waals surface area contributed by atoms with Gasteiger partial charge in [0.2, 0.25) is 5.91 Å². The number of carbonyl (C=O) groups is 1. The topological polar surface area (TPSA) is 63.2 Å². The molecular formula is C16H19N3O2. The minimum atomic E-state index is -0.117. The Morgan fingerprint density at radius 3 is 2.57 bits per heavy atom. The van der Waals surface area contributed by atoms with Gasteiger partial charge < -0.3 is 15.4 Å². The molecule has 1 heterocycles. The molecule has 1 amide bonds. The average Bonchev–Trinajstić information content (AvgIpc) is 2.42. The van der Waals surface area contributed by atoms with Gasteiger partial charge in [-0.25, -0.2) is 4.98 Å². The van der Waals surface area contributed by atoms with Crippen LogP contribution in [-0.4, -0.2) is 17.0 Å². The number of nitrogens with zero attached hydrogens (tertiary/aromatic N) is 1. The first-order valence-electron chi connectivity index (χ1n) is 6.81. The summed E-state index contributed by atoms with van der Waals surface area (Å²) in [5.74, 6) is 1.34. The number of benzene rings is 1. The Labute approximate surface area is 124 Å². The zero-order valence-corrected chi connectivity index (χ0v) is 12.4. The van der Waals surface area contributed by atoms with E-state index in [2.05, 4.69) is 15.6 Å². The number of ether oxygens (including phenoxy) is 1. The van der Waals surface area contributed by atoms with E-state index in [4.69, 9.17) is 4.74 Å². The van der Waals surface area contributed by atoms with Crippen LogP contribution in [0.4, 0.5) is 17.2 Å². The molecule has 0 atom stereocenters. The van der Waals surface area contributed by atoms with E-state index in [0.29, 0.717) is 11.5 Å². The lowest BCUT2D eigenvalue weighted by atomic mass is 10.3. The lowest BCUT2D eigenvalue weighted by Gasteiger charge is -2.15. The third-order valence-electron chi connectivity index (χ3n) is 2.60. The summed E-state index contributed by atoms with van der Waals surface area (Å²) in [4.78, 5) is 15.2. The Bertz CT molecular complexity index is 609. The summed E-state index contributed by atoms with van der Waals surface area (Å²) < 4.78 is 5.75. The summed E-state index contributed by atoms with van der Waals surface area (Å²) in [6.45, 7) is 5.43. The summed E-state index contributed by atoms with van der Waals surface area (Å²) in [6.07, 6.45) is 1.71. The Morgan fingerprint density at radius 2 is 1.95 bits per heavy atom. The Morgan fingerprint density at radius 1 is 1.19 bits per heavy atom. The molecule has 5 nitrogen and oxygen atoms in total. The largest absolute Gasteiger partial charge is 0.489 e. The van der Waals surface area contributed by atoms with Crippen molar-refractivity contribution in [2.45, 2.75) is 26.9 Å². The van der Waals surface area contributed by atoms with Crippen molar-refractivity contribution in [3.8, 4) is 5.75 Å². The Kier molecular flexibility index (Phi) is 4.77. The van der Waals surface area contributed by atoms with Crippen LogP contribution in [0.1, 0.15) is 20.8 Å². The number of nitrogens with one attached hydrogen (secondary N) is 2. The first-order chi connectivity index (χ1) is 10.0. The van der Waals surface area contributed by atoms with Crippen molar-refractivity contribution in [2.75, 3.05) is 10.6 Å². The number of carbonyl (C=O) groups excluding carboxylic acids is 1. The van der Waals surface area contributed by atoms with Crippen LogP contribution in [0.15, 0.2) is 42.6 Å². The highest BCUT2D eigenvalue weighted by Crippen LogP contribution is 2.27. The molecular weight excluding hydrogens is 266 g/mol. The summed E-state index contributed by atoms with van der Waals surface area (Å²) in [7, 11) is 0. The van der Waals surface area contributed by atoms with E-state index in [1.54, 1.807) is 18.3 Å². The van der Waals surface area contributed by atoms with Crippen molar-refractivity contribution in [1.29, 1.82) is 0 Å². The first kappa shape index (κ1) is 14.8. The monoisotopic (exact) mass is 285 g/mol. The summed E-state index contributed by atoms with van der Waals surface area (Å²) >= 11 is 0. The Hall–Kier alpha value is -2.56. The van der Waals surface area contributed by atoms with Crippen LogP contribution in [0.5, 0.6) is 5.75 Å². The van der Waals surface area contributed by atoms with E-state index < -0.39 is 0 Å². The predicted molar refractivity (Wildman–Crippen MR) is 84.0 cm³/mol. The summed E-state index contributed by atoms with van der Waals surface area (Å²) in [6, 6.07) is 11.3. The number of hydrogen-bond donors (Lipinski definition) is 2. The average molecular weight is 285 g/mol. The van der Waals surface area contributed by atoms with Gasteiger partial charge in [-0.05, 0) is 38.1 Å². The van der Waals surface area contributed by atoms with Crippen molar-refractivity contribution in [3.63, 3.8) is 0 Å². The molecule has 2 rings (SSSR count). The highest BCUT2D eigenvalue weighted by atomic mass is 16.5. The van der Waals surface area contributed by atoms with Crippen molar-refractivity contribution < 1.29 is 9.53 Å². The number of rotatable bonds is 5. The zero-order valence-electron chi connectivity index (χ0n) is 12.4. The molecule has 2 aromatic rings. The molecule has 2 N–H and O–H groups in total. The quantitative estimate of drug-likeness (QED) is 0.881. The molecule has 0 aliphatic heterocycles. The van der Waals surface area contributed by atoms with Crippen molar-refractivity contribution in [1.82, 2.24) is 4.98 Å². The second-order valence-corrected chi connectivity index (χ2v) is 4.90. The fourth-order valence-corrected chi connectivity index (χ4v) is 1.81. The maximum atomic E-state index is 11.0. The van der Waals surface area contributed by atoms with Crippen LogP contribution < -0.4 is 15.4 Å². The van der Waals surface area contributed by atoms with Gasteiger partial charge in [-0.15, -0.1) is 0 Å². The van der Waals surface area contributed by atoms with Crippen LogP contribution in [0.3, 0.4) is 0 Å². The maximum Gasteiger partial charge on any atom is 0.221 e. The van der Waals surface area contributed by atoms with Crippen LogP contribution in [0.25, 0.3) is 0 Å². The number of pyridine rings is 1. The molecule has 1 aromatic heterocycles. The molecule has 0 aliphatic carbocycles. The van der Waals surface area contributed by atoms with Crippen LogP contribution in [0, 0.1) is 0 Å². The smallest absolute Gasteiger partial charge is 0.221 e. The van der Waals surface area contributed by atoms with Gasteiger partial charge in [-0.1, -0.05) is 12.1 Å². The number of para-hydroxylation sites is 2. The molecule has 0 spiro atoms. The molecule has 1 aromatic carbocycles. The number of aromatic nitrogens is 1. The number of anilines is 3. The third-order valence-corrected chi connectivity index (χ3v) is 2.60. The highest BCUT2D eigenvalue weighted by Gasteiger charge is 2.06. The lowest BCUT2D eigenvalue weighted by Crippen LogP contribution is -2.08. The molecule has 0 bridgehead atoms. The summed E-state index contributed by atoms with van der Waals surface area (Å²) in [5.41, 5.74) is 1.52. The second-order valence-electron chi connectivity index (χ2n) is 4.90.